The number of benzene rings is 3. The summed E-state index contributed by atoms with van der Waals surface area (Å²) in [6.07, 6.45) is 2.09. The fourth-order valence-corrected chi connectivity index (χ4v) is 5.86. The van der Waals surface area contributed by atoms with Gasteiger partial charge < -0.3 is 19.7 Å². The molecule has 0 spiro atoms. The first-order chi connectivity index (χ1) is 19.8. The van der Waals surface area contributed by atoms with Crippen LogP contribution >= 0.6 is 0 Å². The van der Waals surface area contributed by atoms with Crippen LogP contribution < -0.4 is 19.1 Å². The molecule has 0 saturated heterocycles. The van der Waals surface area contributed by atoms with Crippen LogP contribution in [0.15, 0.2) is 83.8 Å². The molecule has 0 fully saturated rings. The molecule has 1 N–H and O–H groups in total. The highest BCUT2D eigenvalue weighted by Gasteiger charge is 2.34. The second-order valence-electron chi connectivity index (χ2n) is 9.44. The molecule has 3 aromatic carbocycles. The van der Waals surface area contributed by atoms with Crippen molar-refractivity contribution in [2.45, 2.75) is 50.6 Å². The third-order valence-corrected chi connectivity index (χ3v) is 8.46. The Labute approximate surface area is 243 Å². The summed E-state index contributed by atoms with van der Waals surface area (Å²) in [5, 5.41) is 2.93. The molecule has 0 aromatic heterocycles. The summed E-state index contributed by atoms with van der Waals surface area (Å²) in [6.45, 7) is 3.98. The highest BCUT2D eigenvalue weighted by Crippen LogP contribution is 2.34. The number of hydrogen-bond donors (Lipinski definition) is 1. The molecule has 0 saturated carbocycles. The fraction of sp³-hybridized carbons (Fsp3) is 0.355. The molecule has 0 aliphatic heterocycles. The Hall–Kier alpha value is -4.05. The van der Waals surface area contributed by atoms with Gasteiger partial charge in [0.05, 0.1) is 24.8 Å². The van der Waals surface area contributed by atoms with Gasteiger partial charge in [0.2, 0.25) is 11.8 Å². The second-order valence-corrected chi connectivity index (χ2v) is 11.3. The summed E-state index contributed by atoms with van der Waals surface area (Å²) < 4.78 is 39.7. The van der Waals surface area contributed by atoms with Crippen molar-refractivity contribution < 1.29 is 27.5 Å². The van der Waals surface area contributed by atoms with Crippen molar-refractivity contribution in [2.75, 3.05) is 31.6 Å². The highest BCUT2D eigenvalue weighted by molar-refractivity contribution is 7.92. The zero-order valence-corrected chi connectivity index (χ0v) is 24.9. The Morgan fingerprint density at radius 3 is 2.10 bits per heavy atom. The summed E-state index contributed by atoms with van der Waals surface area (Å²) in [6, 6.07) is 21.1. The summed E-state index contributed by atoms with van der Waals surface area (Å²) in [5.41, 5.74) is 1.05. The smallest absolute Gasteiger partial charge is 0.264 e. The van der Waals surface area contributed by atoms with Gasteiger partial charge >= 0.3 is 0 Å². The van der Waals surface area contributed by atoms with Gasteiger partial charge in [-0.25, -0.2) is 8.42 Å². The van der Waals surface area contributed by atoms with Crippen LogP contribution in [0.4, 0.5) is 5.69 Å². The number of hydrogen-bond acceptors (Lipinski definition) is 6. The topological polar surface area (TPSA) is 105 Å². The Kier molecular flexibility index (Phi) is 11.6. The van der Waals surface area contributed by atoms with Crippen LogP contribution in [0.5, 0.6) is 11.5 Å². The van der Waals surface area contributed by atoms with E-state index in [-0.39, 0.29) is 23.0 Å². The van der Waals surface area contributed by atoms with Crippen LogP contribution in [0, 0.1) is 0 Å². The molecule has 0 unspecified atom stereocenters. The van der Waals surface area contributed by atoms with Crippen molar-refractivity contribution in [3.63, 3.8) is 0 Å². The van der Waals surface area contributed by atoms with Crippen molar-refractivity contribution in [2.24, 2.45) is 0 Å². The standard InChI is InChI=1S/C31H39N3O6S/c1-5-7-20-32-31(36)27(6-2)33(22-24-14-10-8-11-15-24)30(35)23-34(41(37,38)26-16-12-9-13-17-26)25-18-19-28(39-3)29(21-25)40-4/h8-19,21,27H,5-7,20,22-23H2,1-4H3,(H,32,36)/t27-/m0/s1. The molecule has 220 valence electrons. The molecule has 0 bridgehead atoms. The number of nitrogens with zero attached hydrogens (tertiary/aromatic N) is 2. The van der Waals surface area contributed by atoms with Crippen LogP contribution in [-0.2, 0) is 26.2 Å². The van der Waals surface area contributed by atoms with Gasteiger partial charge in [-0.2, -0.15) is 0 Å². The third-order valence-electron chi connectivity index (χ3n) is 6.68. The van der Waals surface area contributed by atoms with Gasteiger partial charge in [-0.1, -0.05) is 68.8 Å². The predicted molar refractivity (Wildman–Crippen MR) is 160 cm³/mol. The van der Waals surface area contributed by atoms with E-state index in [1.54, 1.807) is 30.3 Å². The van der Waals surface area contributed by atoms with Gasteiger partial charge in [-0.3, -0.25) is 13.9 Å². The average molecular weight is 582 g/mol. The first-order valence-electron chi connectivity index (χ1n) is 13.7. The Bertz CT molecular complexity index is 1380. The average Bonchev–Trinajstić information content (AvgIpc) is 3.00. The number of unbranched alkanes of at least 4 members (excludes halogenated alkanes) is 1. The van der Waals surface area contributed by atoms with Crippen molar-refractivity contribution >= 4 is 27.5 Å². The molecule has 3 aromatic rings. The zero-order chi connectivity index (χ0) is 29.8. The number of carbonyl (C=O) groups is 2. The molecule has 0 heterocycles. The molecule has 0 radical (unpaired) electrons. The molecular formula is C31H39N3O6S. The second kappa shape index (κ2) is 15.1. The number of methoxy groups -OCH3 is 2. The minimum absolute atomic E-state index is 0.0292. The van der Waals surface area contributed by atoms with E-state index in [1.807, 2.05) is 44.2 Å². The maximum Gasteiger partial charge on any atom is 0.264 e. The van der Waals surface area contributed by atoms with Crippen molar-refractivity contribution in [3.8, 4) is 11.5 Å². The number of nitrogens with one attached hydrogen (secondary N) is 1. The zero-order valence-electron chi connectivity index (χ0n) is 24.1. The number of ether oxygens (including phenoxy) is 2. The largest absolute Gasteiger partial charge is 0.493 e. The Morgan fingerprint density at radius 2 is 1.51 bits per heavy atom. The van der Waals surface area contributed by atoms with E-state index in [2.05, 4.69) is 5.32 Å². The molecule has 0 aliphatic rings. The van der Waals surface area contributed by atoms with E-state index in [0.29, 0.717) is 24.5 Å². The van der Waals surface area contributed by atoms with E-state index in [4.69, 9.17) is 9.47 Å². The summed E-state index contributed by atoms with van der Waals surface area (Å²) in [5.74, 6) is -0.0526. The van der Waals surface area contributed by atoms with Crippen LogP contribution in [0.25, 0.3) is 0 Å². The van der Waals surface area contributed by atoms with E-state index < -0.39 is 28.5 Å². The monoisotopic (exact) mass is 581 g/mol. The minimum atomic E-state index is -4.18. The quantitative estimate of drug-likeness (QED) is 0.263. The van der Waals surface area contributed by atoms with Gasteiger partial charge in [-0.05, 0) is 42.7 Å². The van der Waals surface area contributed by atoms with E-state index in [9.17, 15) is 18.0 Å². The Balaban J connectivity index is 2.06. The molecule has 1 atom stereocenters. The SMILES string of the molecule is CCCCNC(=O)[C@H](CC)N(Cc1ccccc1)C(=O)CN(c1ccc(OC)c(OC)c1)S(=O)(=O)c1ccccc1. The lowest BCUT2D eigenvalue weighted by atomic mass is 10.1. The summed E-state index contributed by atoms with van der Waals surface area (Å²) in [7, 11) is -1.25. The van der Waals surface area contributed by atoms with Gasteiger partial charge in [0.1, 0.15) is 12.6 Å². The summed E-state index contributed by atoms with van der Waals surface area (Å²) >= 11 is 0. The van der Waals surface area contributed by atoms with Crippen LogP contribution in [0.3, 0.4) is 0 Å². The van der Waals surface area contributed by atoms with Crippen molar-refractivity contribution in [3.05, 3.63) is 84.4 Å². The first kappa shape index (κ1) is 31.5. The number of anilines is 1. The van der Waals surface area contributed by atoms with E-state index in [0.717, 1.165) is 22.7 Å². The summed E-state index contributed by atoms with van der Waals surface area (Å²) in [4.78, 5) is 28.8. The van der Waals surface area contributed by atoms with Crippen LogP contribution in [0.2, 0.25) is 0 Å². The molecular weight excluding hydrogens is 542 g/mol. The van der Waals surface area contributed by atoms with Crippen LogP contribution in [-0.4, -0.2) is 58.5 Å². The molecule has 0 aliphatic carbocycles. The highest BCUT2D eigenvalue weighted by atomic mass is 32.2. The fourth-order valence-electron chi connectivity index (χ4n) is 4.43. The number of amides is 2. The number of sulfonamides is 1. The predicted octanol–water partition coefficient (Wildman–Crippen LogP) is 4.62. The minimum Gasteiger partial charge on any atom is -0.493 e. The molecule has 2 amide bonds. The molecule has 9 nitrogen and oxygen atoms in total. The van der Waals surface area contributed by atoms with Gasteiger partial charge in [-0.15, -0.1) is 0 Å². The molecule has 41 heavy (non-hydrogen) atoms. The van der Waals surface area contributed by atoms with Crippen molar-refractivity contribution in [1.82, 2.24) is 10.2 Å². The number of carbonyl (C=O) groups excluding carboxylic acids is 2. The van der Waals surface area contributed by atoms with Gasteiger partial charge in [0.15, 0.2) is 11.5 Å². The third kappa shape index (κ3) is 8.00. The van der Waals surface area contributed by atoms with Gasteiger partial charge in [0.25, 0.3) is 10.0 Å². The first-order valence-corrected chi connectivity index (χ1v) is 15.1. The maximum absolute atomic E-state index is 14.1. The lowest BCUT2D eigenvalue weighted by Crippen LogP contribution is -2.52. The molecule has 10 heteroatoms. The number of rotatable bonds is 15. The lowest BCUT2D eigenvalue weighted by molar-refractivity contribution is -0.140. The van der Waals surface area contributed by atoms with Gasteiger partial charge in [0, 0.05) is 19.2 Å². The Morgan fingerprint density at radius 1 is 0.878 bits per heavy atom. The van der Waals surface area contributed by atoms with Crippen LogP contribution in [0.1, 0.15) is 38.7 Å². The maximum atomic E-state index is 14.1. The van der Waals surface area contributed by atoms with Crippen molar-refractivity contribution in [1.29, 1.82) is 0 Å². The van der Waals surface area contributed by atoms with E-state index >= 15 is 0 Å². The molecule has 3 rings (SSSR count). The normalized spacial score (nSPS) is 11.8. The lowest BCUT2D eigenvalue weighted by Gasteiger charge is -2.33. The van der Waals surface area contributed by atoms with E-state index in [1.165, 1.54) is 37.3 Å².